The molecule has 1 heterocycles. The second-order valence-corrected chi connectivity index (χ2v) is 6.33. The third-order valence-corrected chi connectivity index (χ3v) is 4.06. The summed E-state index contributed by atoms with van der Waals surface area (Å²) in [5.41, 5.74) is 0.484. The van der Waals surface area contributed by atoms with E-state index < -0.39 is 9.84 Å². The van der Waals surface area contributed by atoms with Crippen molar-refractivity contribution >= 4 is 33.2 Å². The first-order chi connectivity index (χ1) is 7.89. The van der Waals surface area contributed by atoms with Gasteiger partial charge in [0, 0.05) is 17.8 Å². The molecule has 1 saturated heterocycles. The summed E-state index contributed by atoms with van der Waals surface area (Å²) in [4.78, 5) is 14.2. The number of anilines is 1. The number of carbonyl (C=O) groups is 1. The second-order valence-electron chi connectivity index (χ2n) is 3.89. The summed E-state index contributed by atoms with van der Waals surface area (Å²) in [7, 11) is -1.83. The molecule has 0 unspecified atom stereocenters. The van der Waals surface area contributed by atoms with E-state index in [0.717, 1.165) is 0 Å². The Hall–Kier alpha value is -1.27. The van der Waals surface area contributed by atoms with Crippen LogP contribution >= 0.6 is 11.6 Å². The highest BCUT2D eigenvalue weighted by Gasteiger charge is 2.33. The van der Waals surface area contributed by atoms with Gasteiger partial charge in [0.15, 0.2) is 9.84 Å². The summed E-state index contributed by atoms with van der Waals surface area (Å²) in [6.45, 7) is 0. The van der Waals surface area contributed by atoms with Crippen molar-refractivity contribution in [2.45, 2.75) is 0 Å². The second kappa shape index (κ2) is 4.19. The van der Waals surface area contributed by atoms with Gasteiger partial charge < -0.3 is 4.90 Å². The van der Waals surface area contributed by atoms with Crippen molar-refractivity contribution < 1.29 is 13.2 Å². The summed E-state index contributed by atoms with van der Waals surface area (Å²) in [6.07, 6.45) is 0. The van der Waals surface area contributed by atoms with E-state index in [1.807, 2.05) is 0 Å². The zero-order chi connectivity index (χ0) is 12.6. The monoisotopic (exact) mass is 274 g/mol. The Balaban J connectivity index is 2.40. The van der Waals surface area contributed by atoms with Gasteiger partial charge in [0.2, 0.25) is 0 Å². The van der Waals surface area contributed by atoms with E-state index in [4.69, 9.17) is 11.6 Å². The fourth-order valence-corrected chi connectivity index (χ4v) is 3.30. The van der Waals surface area contributed by atoms with Crippen LogP contribution in [-0.2, 0) is 9.84 Å². The molecule has 0 aromatic heterocycles. The first-order valence-corrected chi connectivity index (χ1v) is 7.07. The van der Waals surface area contributed by atoms with Gasteiger partial charge in [-0.25, -0.2) is 13.2 Å². The SMILES string of the molecule is CN1CS(=O)(=O)CN(c2cccc(Cl)c2)C1=O. The van der Waals surface area contributed by atoms with Crippen molar-refractivity contribution in [1.29, 1.82) is 0 Å². The Bertz CT molecular complexity index is 558. The number of benzene rings is 1. The van der Waals surface area contributed by atoms with Crippen LogP contribution < -0.4 is 4.90 Å². The van der Waals surface area contributed by atoms with E-state index in [1.165, 1.54) is 16.8 Å². The zero-order valence-electron chi connectivity index (χ0n) is 9.13. The van der Waals surface area contributed by atoms with E-state index >= 15 is 0 Å². The lowest BCUT2D eigenvalue weighted by Crippen LogP contribution is -2.52. The Morgan fingerprint density at radius 3 is 2.65 bits per heavy atom. The molecule has 1 aromatic carbocycles. The molecule has 1 aromatic rings. The molecule has 17 heavy (non-hydrogen) atoms. The van der Waals surface area contributed by atoms with Crippen molar-refractivity contribution in [3.63, 3.8) is 0 Å². The molecule has 92 valence electrons. The minimum Gasteiger partial charge on any atom is -0.313 e. The highest BCUT2D eigenvalue weighted by atomic mass is 35.5. The van der Waals surface area contributed by atoms with Crippen LogP contribution in [0.5, 0.6) is 0 Å². The first-order valence-electron chi connectivity index (χ1n) is 4.88. The van der Waals surface area contributed by atoms with Gasteiger partial charge in [-0.15, -0.1) is 0 Å². The van der Waals surface area contributed by atoms with Crippen molar-refractivity contribution in [1.82, 2.24) is 4.90 Å². The number of carbonyl (C=O) groups excluding carboxylic acids is 1. The van der Waals surface area contributed by atoms with E-state index in [-0.39, 0.29) is 17.8 Å². The molecule has 0 radical (unpaired) electrons. The van der Waals surface area contributed by atoms with Crippen LogP contribution in [0.25, 0.3) is 0 Å². The number of urea groups is 1. The summed E-state index contributed by atoms with van der Waals surface area (Å²) in [5, 5.41) is 0.459. The first kappa shape index (κ1) is 12.2. The standard InChI is InChI=1S/C10H11ClN2O3S/c1-12-6-17(15,16)7-13(10(12)14)9-4-2-3-8(11)5-9/h2-5H,6-7H2,1H3. The van der Waals surface area contributed by atoms with Crippen LogP contribution in [0.2, 0.25) is 5.02 Å². The number of sulfone groups is 1. The molecule has 1 aliphatic heterocycles. The Morgan fingerprint density at radius 1 is 1.29 bits per heavy atom. The van der Waals surface area contributed by atoms with Crippen LogP contribution in [-0.4, -0.2) is 38.2 Å². The average Bonchev–Trinajstić information content (AvgIpc) is 2.23. The number of hydrogen-bond acceptors (Lipinski definition) is 3. The van der Waals surface area contributed by atoms with Gasteiger partial charge in [0.1, 0.15) is 11.8 Å². The van der Waals surface area contributed by atoms with E-state index in [0.29, 0.717) is 10.7 Å². The molecule has 0 aliphatic carbocycles. The molecule has 0 bridgehead atoms. The van der Waals surface area contributed by atoms with Gasteiger partial charge in [-0.3, -0.25) is 4.90 Å². The predicted octanol–water partition coefficient (Wildman–Crippen LogP) is 1.54. The number of rotatable bonds is 1. The third kappa shape index (κ3) is 2.53. The number of nitrogens with zero attached hydrogens (tertiary/aromatic N) is 2. The highest BCUT2D eigenvalue weighted by Crippen LogP contribution is 2.23. The van der Waals surface area contributed by atoms with Crippen molar-refractivity contribution in [2.75, 3.05) is 23.7 Å². The molecule has 1 aliphatic rings. The minimum absolute atomic E-state index is 0.247. The summed E-state index contributed by atoms with van der Waals surface area (Å²) in [5.74, 6) is -0.556. The molecule has 2 rings (SSSR count). The van der Waals surface area contributed by atoms with E-state index in [9.17, 15) is 13.2 Å². The Kier molecular flexibility index (Phi) is 3.01. The normalized spacial score (nSPS) is 19.5. The maximum atomic E-state index is 11.9. The van der Waals surface area contributed by atoms with E-state index in [2.05, 4.69) is 0 Å². The van der Waals surface area contributed by atoms with Gasteiger partial charge in [0.05, 0.1) is 0 Å². The molecule has 0 saturated carbocycles. The van der Waals surface area contributed by atoms with Gasteiger partial charge in [-0.05, 0) is 18.2 Å². The van der Waals surface area contributed by atoms with Crippen LogP contribution in [0, 0.1) is 0 Å². The average molecular weight is 275 g/mol. The van der Waals surface area contributed by atoms with Crippen molar-refractivity contribution in [3.8, 4) is 0 Å². The molecule has 0 N–H and O–H groups in total. The molecule has 1 fully saturated rings. The van der Waals surface area contributed by atoms with E-state index in [1.54, 1.807) is 24.3 Å². The quantitative estimate of drug-likeness (QED) is 0.781. The maximum absolute atomic E-state index is 11.9. The summed E-state index contributed by atoms with van der Waals surface area (Å²) in [6, 6.07) is 6.21. The fraction of sp³-hybridized carbons (Fsp3) is 0.300. The number of hydrogen-bond donors (Lipinski definition) is 0. The largest absolute Gasteiger partial charge is 0.326 e. The van der Waals surface area contributed by atoms with Crippen LogP contribution in [0.1, 0.15) is 0 Å². The van der Waals surface area contributed by atoms with Crippen LogP contribution in [0.3, 0.4) is 0 Å². The lowest BCUT2D eigenvalue weighted by Gasteiger charge is -2.32. The Labute approximate surface area is 104 Å². The van der Waals surface area contributed by atoms with Gasteiger partial charge in [0.25, 0.3) is 0 Å². The lowest BCUT2D eigenvalue weighted by atomic mass is 10.3. The third-order valence-electron chi connectivity index (χ3n) is 2.39. The molecule has 0 atom stereocenters. The predicted molar refractivity (Wildman–Crippen MR) is 65.7 cm³/mol. The van der Waals surface area contributed by atoms with Crippen LogP contribution in [0.15, 0.2) is 24.3 Å². The summed E-state index contributed by atoms with van der Waals surface area (Å²) < 4.78 is 23.2. The molecule has 2 amide bonds. The highest BCUT2D eigenvalue weighted by molar-refractivity contribution is 7.91. The Morgan fingerprint density at radius 2 is 2.00 bits per heavy atom. The number of amides is 2. The number of halogens is 1. The van der Waals surface area contributed by atoms with Gasteiger partial charge in [-0.1, -0.05) is 17.7 Å². The van der Waals surface area contributed by atoms with Crippen molar-refractivity contribution in [3.05, 3.63) is 29.3 Å². The molecule has 5 nitrogen and oxygen atoms in total. The minimum atomic E-state index is -3.29. The molecule has 7 heteroatoms. The molecular formula is C10H11ClN2O3S. The maximum Gasteiger partial charge on any atom is 0.326 e. The molecule has 0 spiro atoms. The topological polar surface area (TPSA) is 57.7 Å². The smallest absolute Gasteiger partial charge is 0.313 e. The van der Waals surface area contributed by atoms with Gasteiger partial charge in [-0.2, -0.15) is 0 Å². The zero-order valence-corrected chi connectivity index (χ0v) is 10.7. The van der Waals surface area contributed by atoms with Crippen LogP contribution in [0.4, 0.5) is 10.5 Å². The van der Waals surface area contributed by atoms with Crippen molar-refractivity contribution in [2.24, 2.45) is 0 Å². The van der Waals surface area contributed by atoms with Gasteiger partial charge >= 0.3 is 6.03 Å². The molecular weight excluding hydrogens is 264 g/mol. The summed E-state index contributed by atoms with van der Waals surface area (Å²) >= 11 is 5.82. The fourth-order valence-electron chi connectivity index (χ4n) is 1.68. The lowest BCUT2D eigenvalue weighted by molar-refractivity contribution is 0.220.